The summed E-state index contributed by atoms with van der Waals surface area (Å²) < 4.78 is 5.28. The minimum atomic E-state index is 0.366. The lowest BCUT2D eigenvalue weighted by Gasteiger charge is -2.01. The van der Waals surface area contributed by atoms with Gasteiger partial charge in [0.15, 0.2) is 0 Å². The molecule has 2 atom stereocenters. The standard InChI is InChI=1S/C10H17N3O/c1-3-4-6-9(12-13-10(6)11)7-5-8(7)14-2/h7-8H,3-5H2,1-2H3,(H3,11,12,13). The van der Waals surface area contributed by atoms with E-state index in [9.17, 15) is 0 Å². The predicted octanol–water partition coefficient (Wildman–Crippen LogP) is 1.45. The van der Waals surface area contributed by atoms with Gasteiger partial charge < -0.3 is 10.5 Å². The minimum Gasteiger partial charge on any atom is -0.382 e. The van der Waals surface area contributed by atoms with Crippen LogP contribution in [0.4, 0.5) is 5.82 Å². The number of rotatable bonds is 4. The minimum absolute atomic E-state index is 0.366. The van der Waals surface area contributed by atoms with Crippen LogP contribution in [0.2, 0.25) is 0 Å². The Bertz CT molecular complexity index is 321. The van der Waals surface area contributed by atoms with E-state index in [1.54, 1.807) is 7.11 Å². The van der Waals surface area contributed by atoms with E-state index in [0.717, 1.165) is 19.3 Å². The number of nitrogens with two attached hydrogens (primary N) is 1. The van der Waals surface area contributed by atoms with Crippen LogP contribution >= 0.6 is 0 Å². The van der Waals surface area contributed by atoms with Crippen molar-refractivity contribution in [3.05, 3.63) is 11.3 Å². The third kappa shape index (κ3) is 1.50. The van der Waals surface area contributed by atoms with Crippen LogP contribution in [-0.4, -0.2) is 23.4 Å². The number of ether oxygens (including phenoxy) is 1. The molecule has 3 N–H and O–H groups in total. The number of H-pyrrole nitrogens is 1. The highest BCUT2D eigenvalue weighted by molar-refractivity contribution is 5.45. The van der Waals surface area contributed by atoms with Crippen molar-refractivity contribution in [3.8, 4) is 0 Å². The number of methoxy groups -OCH3 is 1. The molecule has 0 aliphatic heterocycles. The lowest BCUT2D eigenvalue weighted by atomic mass is 10.1. The average molecular weight is 195 g/mol. The molecule has 1 heterocycles. The van der Waals surface area contributed by atoms with E-state index in [1.165, 1.54) is 11.3 Å². The van der Waals surface area contributed by atoms with Crippen LogP contribution in [0.5, 0.6) is 0 Å². The van der Waals surface area contributed by atoms with E-state index < -0.39 is 0 Å². The van der Waals surface area contributed by atoms with Crippen LogP contribution in [0, 0.1) is 0 Å². The summed E-state index contributed by atoms with van der Waals surface area (Å²) in [6.45, 7) is 2.15. The van der Waals surface area contributed by atoms with Gasteiger partial charge in [0.25, 0.3) is 0 Å². The van der Waals surface area contributed by atoms with Gasteiger partial charge in [-0.15, -0.1) is 0 Å². The molecular formula is C10H17N3O. The van der Waals surface area contributed by atoms with Gasteiger partial charge in [-0.2, -0.15) is 5.10 Å². The molecule has 1 aliphatic rings. The van der Waals surface area contributed by atoms with Crippen molar-refractivity contribution < 1.29 is 4.74 Å². The molecule has 4 heteroatoms. The highest BCUT2D eigenvalue weighted by Crippen LogP contribution is 2.44. The first-order valence-corrected chi connectivity index (χ1v) is 5.13. The zero-order valence-electron chi connectivity index (χ0n) is 8.71. The Kier molecular flexibility index (Phi) is 2.46. The van der Waals surface area contributed by atoms with Crippen molar-refractivity contribution in [1.29, 1.82) is 0 Å². The van der Waals surface area contributed by atoms with Gasteiger partial charge in [0.05, 0.1) is 6.10 Å². The Hall–Kier alpha value is -1.03. The number of aromatic amines is 1. The number of aromatic nitrogens is 2. The smallest absolute Gasteiger partial charge is 0.148 e. The lowest BCUT2D eigenvalue weighted by molar-refractivity contribution is 0.177. The molecule has 0 aromatic carbocycles. The zero-order chi connectivity index (χ0) is 10.1. The van der Waals surface area contributed by atoms with Crippen LogP contribution < -0.4 is 5.73 Å². The summed E-state index contributed by atoms with van der Waals surface area (Å²) in [5.41, 5.74) is 8.18. The van der Waals surface area contributed by atoms with Crippen molar-refractivity contribution in [1.82, 2.24) is 10.2 Å². The van der Waals surface area contributed by atoms with E-state index in [-0.39, 0.29) is 0 Å². The molecule has 0 spiro atoms. The Morgan fingerprint density at radius 2 is 2.43 bits per heavy atom. The maximum atomic E-state index is 5.80. The molecule has 0 bridgehead atoms. The van der Waals surface area contributed by atoms with Crippen molar-refractivity contribution in [2.75, 3.05) is 12.8 Å². The summed E-state index contributed by atoms with van der Waals surface area (Å²) in [6, 6.07) is 0. The quantitative estimate of drug-likeness (QED) is 0.764. The van der Waals surface area contributed by atoms with Gasteiger partial charge in [-0.05, 0) is 12.8 Å². The molecule has 4 nitrogen and oxygen atoms in total. The SMILES string of the molecule is CCCc1c(N)n[nH]c1C1CC1OC. The number of nitrogens with one attached hydrogen (secondary N) is 1. The van der Waals surface area contributed by atoms with Crippen LogP contribution in [0.3, 0.4) is 0 Å². The molecule has 2 rings (SSSR count). The molecule has 1 aromatic heterocycles. The van der Waals surface area contributed by atoms with Crippen LogP contribution in [0.25, 0.3) is 0 Å². The zero-order valence-corrected chi connectivity index (χ0v) is 8.71. The lowest BCUT2D eigenvalue weighted by Crippen LogP contribution is -1.97. The highest BCUT2D eigenvalue weighted by atomic mass is 16.5. The summed E-state index contributed by atoms with van der Waals surface area (Å²) in [6.07, 6.45) is 3.56. The van der Waals surface area contributed by atoms with Gasteiger partial charge in [0.1, 0.15) is 5.82 Å². The number of nitrogen functional groups attached to an aromatic ring is 1. The Labute approximate surface area is 83.8 Å². The third-order valence-corrected chi connectivity index (χ3v) is 2.84. The summed E-state index contributed by atoms with van der Waals surface area (Å²) in [4.78, 5) is 0. The maximum Gasteiger partial charge on any atom is 0.148 e. The molecule has 78 valence electrons. The monoisotopic (exact) mass is 195 g/mol. The first-order chi connectivity index (χ1) is 6.77. The van der Waals surface area contributed by atoms with Crippen LogP contribution in [0.15, 0.2) is 0 Å². The number of hydrogen-bond donors (Lipinski definition) is 2. The first kappa shape index (κ1) is 9.52. The van der Waals surface area contributed by atoms with Crippen molar-refractivity contribution in [2.45, 2.75) is 38.2 Å². The summed E-state index contributed by atoms with van der Waals surface area (Å²) in [5.74, 6) is 1.15. The molecular weight excluding hydrogens is 178 g/mol. The van der Waals surface area contributed by atoms with E-state index in [2.05, 4.69) is 17.1 Å². The largest absolute Gasteiger partial charge is 0.382 e. The predicted molar refractivity (Wildman–Crippen MR) is 55.2 cm³/mol. The first-order valence-electron chi connectivity index (χ1n) is 5.13. The molecule has 0 saturated heterocycles. The van der Waals surface area contributed by atoms with Gasteiger partial charge in [0.2, 0.25) is 0 Å². The van der Waals surface area contributed by atoms with Crippen molar-refractivity contribution in [3.63, 3.8) is 0 Å². The summed E-state index contributed by atoms with van der Waals surface area (Å²) in [5, 5.41) is 7.09. The molecule has 1 aromatic rings. The van der Waals surface area contributed by atoms with E-state index in [1.807, 2.05) is 0 Å². The number of nitrogens with zero attached hydrogens (tertiary/aromatic N) is 1. The molecule has 1 fully saturated rings. The number of anilines is 1. The fraction of sp³-hybridized carbons (Fsp3) is 0.700. The third-order valence-electron chi connectivity index (χ3n) is 2.84. The second-order valence-electron chi connectivity index (χ2n) is 3.87. The molecule has 2 unspecified atom stereocenters. The average Bonchev–Trinajstić information content (AvgIpc) is 2.88. The van der Waals surface area contributed by atoms with Crippen LogP contribution in [-0.2, 0) is 11.2 Å². The molecule has 0 radical (unpaired) electrons. The topological polar surface area (TPSA) is 63.9 Å². The number of hydrogen-bond acceptors (Lipinski definition) is 3. The molecule has 14 heavy (non-hydrogen) atoms. The second-order valence-corrected chi connectivity index (χ2v) is 3.87. The molecule has 0 amide bonds. The van der Waals surface area contributed by atoms with Gasteiger partial charge in [-0.1, -0.05) is 13.3 Å². The van der Waals surface area contributed by atoms with E-state index in [4.69, 9.17) is 10.5 Å². The fourth-order valence-corrected chi connectivity index (χ4v) is 1.95. The van der Waals surface area contributed by atoms with Crippen LogP contribution in [0.1, 0.15) is 36.9 Å². The summed E-state index contributed by atoms with van der Waals surface area (Å²) in [7, 11) is 1.75. The Balaban J connectivity index is 2.17. The summed E-state index contributed by atoms with van der Waals surface area (Å²) >= 11 is 0. The van der Waals surface area contributed by atoms with E-state index >= 15 is 0 Å². The van der Waals surface area contributed by atoms with Gasteiger partial charge in [-0.3, -0.25) is 5.10 Å². The van der Waals surface area contributed by atoms with Gasteiger partial charge in [-0.25, -0.2) is 0 Å². The van der Waals surface area contributed by atoms with E-state index in [0.29, 0.717) is 17.8 Å². The highest BCUT2D eigenvalue weighted by Gasteiger charge is 2.41. The Morgan fingerprint density at radius 1 is 1.64 bits per heavy atom. The van der Waals surface area contributed by atoms with Crippen molar-refractivity contribution >= 4 is 5.82 Å². The van der Waals surface area contributed by atoms with Gasteiger partial charge >= 0.3 is 0 Å². The van der Waals surface area contributed by atoms with Gasteiger partial charge in [0, 0.05) is 24.3 Å². The van der Waals surface area contributed by atoms with Crippen molar-refractivity contribution in [2.24, 2.45) is 0 Å². The maximum absolute atomic E-state index is 5.80. The normalized spacial score (nSPS) is 25.3. The molecule has 1 aliphatic carbocycles. The second kappa shape index (κ2) is 3.61. The fourth-order valence-electron chi connectivity index (χ4n) is 1.95. The Morgan fingerprint density at radius 3 is 3.00 bits per heavy atom. The molecule has 1 saturated carbocycles.